The monoisotopic (exact) mass is 449 g/mol. The molecule has 172 valence electrons. The summed E-state index contributed by atoms with van der Waals surface area (Å²) in [6.45, 7) is 4.01. The molecule has 3 atom stereocenters. The molecule has 2 N–H and O–H groups in total. The highest BCUT2D eigenvalue weighted by atomic mass is 19.1. The summed E-state index contributed by atoms with van der Waals surface area (Å²) in [5.41, 5.74) is 8.71. The number of Topliss-reactive ketones (excluding diaryl/α,β-unsaturated/α-hetero) is 1. The van der Waals surface area contributed by atoms with Crippen molar-refractivity contribution in [3.8, 4) is 11.3 Å². The zero-order valence-corrected chi connectivity index (χ0v) is 19.0. The Hall–Kier alpha value is -2.99. The maximum absolute atomic E-state index is 14.8. The first-order chi connectivity index (χ1) is 15.9. The number of benzene rings is 1. The zero-order chi connectivity index (χ0) is 23.5. The number of pyridine rings is 2. The summed E-state index contributed by atoms with van der Waals surface area (Å²) in [5.74, 6) is -0.732. The first-order valence-corrected chi connectivity index (χ1v) is 11.5. The lowest BCUT2D eigenvalue weighted by Gasteiger charge is -2.32. The summed E-state index contributed by atoms with van der Waals surface area (Å²) in [5, 5.41) is 0. The molecule has 0 saturated heterocycles. The van der Waals surface area contributed by atoms with E-state index in [2.05, 4.69) is 16.9 Å². The Morgan fingerprint density at radius 2 is 1.91 bits per heavy atom. The maximum atomic E-state index is 14.8. The van der Waals surface area contributed by atoms with Crippen molar-refractivity contribution in [3.63, 3.8) is 0 Å². The molecule has 0 spiro atoms. The van der Waals surface area contributed by atoms with Crippen LogP contribution in [0.25, 0.3) is 11.3 Å². The van der Waals surface area contributed by atoms with Crippen LogP contribution in [0.1, 0.15) is 66.2 Å². The third-order valence-electron chi connectivity index (χ3n) is 6.55. The molecule has 1 aromatic carbocycles. The van der Waals surface area contributed by atoms with E-state index in [-0.39, 0.29) is 41.1 Å². The second-order valence-corrected chi connectivity index (χ2v) is 9.10. The molecule has 2 aromatic heterocycles. The summed E-state index contributed by atoms with van der Waals surface area (Å²) < 4.78 is 29.3. The van der Waals surface area contributed by atoms with Gasteiger partial charge in [-0.25, -0.2) is 13.8 Å². The van der Waals surface area contributed by atoms with Gasteiger partial charge in [0.1, 0.15) is 17.3 Å². The van der Waals surface area contributed by atoms with E-state index < -0.39 is 11.6 Å². The average Bonchev–Trinajstić information content (AvgIpc) is 2.79. The van der Waals surface area contributed by atoms with Crippen molar-refractivity contribution in [3.05, 3.63) is 82.8 Å². The van der Waals surface area contributed by atoms with Gasteiger partial charge in [0.2, 0.25) is 0 Å². The lowest BCUT2D eigenvalue weighted by Crippen LogP contribution is -2.31. The first kappa shape index (κ1) is 23.2. The van der Waals surface area contributed by atoms with E-state index in [1.165, 1.54) is 18.2 Å². The van der Waals surface area contributed by atoms with Gasteiger partial charge in [-0.3, -0.25) is 9.78 Å². The van der Waals surface area contributed by atoms with Gasteiger partial charge >= 0.3 is 0 Å². The van der Waals surface area contributed by atoms with Gasteiger partial charge in [-0.15, -0.1) is 0 Å². The largest absolute Gasteiger partial charge is 0.328 e. The van der Waals surface area contributed by atoms with Gasteiger partial charge in [-0.05, 0) is 78.5 Å². The molecular weight excluding hydrogens is 420 g/mol. The minimum Gasteiger partial charge on any atom is -0.328 e. The van der Waals surface area contributed by atoms with Crippen LogP contribution in [0.15, 0.2) is 48.8 Å². The van der Waals surface area contributed by atoms with Crippen LogP contribution in [0.2, 0.25) is 0 Å². The van der Waals surface area contributed by atoms with E-state index in [1.54, 1.807) is 31.5 Å². The summed E-state index contributed by atoms with van der Waals surface area (Å²) in [6.07, 6.45) is 6.96. The van der Waals surface area contributed by atoms with E-state index in [9.17, 15) is 13.6 Å². The van der Waals surface area contributed by atoms with Gasteiger partial charge in [-0.2, -0.15) is 0 Å². The summed E-state index contributed by atoms with van der Waals surface area (Å²) >= 11 is 0. The first-order valence-electron chi connectivity index (χ1n) is 11.5. The third-order valence-corrected chi connectivity index (χ3v) is 6.55. The zero-order valence-electron chi connectivity index (χ0n) is 19.0. The van der Waals surface area contributed by atoms with Crippen LogP contribution in [0.3, 0.4) is 0 Å². The summed E-state index contributed by atoms with van der Waals surface area (Å²) in [7, 11) is 0. The second kappa shape index (κ2) is 9.87. The number of nitrogens with zero attached hydrogens (tertiary/aromatic N) is 2. The van der Waals surface area contributed by atoms with Gasteiger partial charge in [-0.1, -0.05) is 26.0 Å². The molecule has 0 radical (unpaired) electrons. The van der Waals surface area contributed by atoms with Crippen LogP contribution in [-0.4, -0.2) is 21.8 Å². The standard InChI is InChI=1S/C27H29F2N3O/c1-3-17-7-8-22(28)26(27(17)29)24-6-4-5-23(32-24)25(33)14-19-15-31-10-9-21(19)18-11-16(2)12-20(30)13-18/h4-10,15-16,18,20H,3,11-14,30H2,1-2H3/t16-,18-,20-/m0/s1. The fourth-order valence-corrected chi connectivity index (χ4v) is 4.99. The molecule has 0 bridgehead atoms. The number of hydrogen-bond acceptors (Lipinski definition) is 4. The smallest absolute Gasteiger partial charge is 0.185 e. The van der Waals surface area contributed by atoms with E-state index in [0.717, 1.165) is 30.4 Å². The number of carbonyl (C=O) groups is 1. The van der Waals surface area contributed by atoms with Gasteiger partial charge in [0, 0.05) is 24.9 Å². The number of aromatic nitrogens is 2. The number of carbonyl (C=O) groups excluding carboxylic acids is 1. The lowest BCUT2D eigenvalue weighted by atomic mass is 9.75. The Balaban J connectivity index is 1.62. The molecule has 4 rings (SSSR count). The van der Waals surface area contributed by atoms with Crippen molar-refractivity contribution in [2.45, 2.75) is 57.9 Å². The minimum absolute atomic E-state index is 0.115. The van der Waals surface area contributed by atoms with Crippen molar-refractivity contribution in [2.75, 3.05) is 0 Å². The SMILES string of the molecule is CCc1ccc(F)c(-c2cccc(C(=O)Cc3cnccc3[C@H]3C[C@H](C)C[C@H](N)C3)n2)c1F. The fraction of sp³-hybridized carbons (Fsp3) is 0.370. The number of nitrogens with two attached hydrogens (primary N) is 1. The lowest BCUT2D eigenvalue weighted by molar-refractivity contribution is 0.0987. The highest BCUT2D eigenvalue weighted by Gasteiger charge is 2.27. The highest BCUT2D eigenvalue weighted by molar-refractivity contribution is 5.96. The van der Waals surface area contributed by atoms with E-state index >= 15 is 0 Å². The van der Waals surface area contributed by atoms with Crippen LogP contribution in [0.4, 0.5) is 8.78 Å². The molecular formula is C27H29F2N3O. The topological polar surface area (TPSA) is 68.9 Å². The number of halogens is 2. The molecule has 0 unspecified atom stereocenters. The van der Waals surface area contributed by atoms with Crippen molar-refractivity contribution < 1.29 is 13.6 Å². The number of hydrogen-bond donors (Lipinski definition) is 1. The maximum Gasteiger partial charge on any atom is 0.185 e. The number of rotatable bonds is 6. The van der Waals surface area contributed by atoms with Crippen LogP contribution in [0.5, 0.6) is 0 Å². The molecule has 33 heavy (non-hydrogen) atoms. The molecule has 6 heteroatoms. The normalized spacial score (nSPS) is 20.6. The van der Waals surface area contributed by atoms with E-state index in [1.807, 2.05) is 6.07 Å². The number of aryl methyl sites for hydroxylation is 1. The number of ketones is 1. The van der Waals surface area contributed by atoms with Crippen molar-refractivity contribution in [1.29, 1.82) is 0 Å². The molecule has 1 saturated carbocycles. The quantitative estimate of drug-likeness (QED) is 0.495. The molecule has 1 aliphatic rings. The molecule has 3 aromatic rings. The Kier molecular flexibility index (Phi) is 6.94. The molecule has 4 nitrogen and oxygen atoms in total. The Labute approximate surface area is 193 Å². The Bertz CT molecular complexity index is 1150. The predicted octanol–water partition coefficient (Wildman–Crippen LogP) is 5.64. The van der Waals surface area contributed by atoms with Crippen LogP contribution >= 0.6 is 0 Å². The van der Waals surface area contributed by atoms with Crippen molar-refractivity contribution in [1.82, 2.24) is 9.97 Å². The summed E-state index contributed by atoms with van der Waals surface area (Å²) in [4.78, 5) is 21.7. The molecule has 2 heterocycles. The Morgan fingerprint density at radius 1 is 1.09 bits per heavy atom. The van der Waals surface area contributed by atoms with Gasteiger partial charge in [0.05, 0.1) is 11.3 Å². The Morgan fingerprint density at radius 3 is 2.67 bits per heavy atom. The van der Waals surface area contributed by atoms with E-state index in [0.29, 0.717) is 17.9 Å². The second-order valence-electron chi connectivity index (χ2n) is 9.10. The van der Waals surface area contributed by atoms with Crippen LogP contribution < -0.4 is 5.73 Å². The van der Waals surface area contributed by atoms with Crippen molar-refractivity contribution in [2.24, 2.45) is 11.7 Å². The summed E-state index contributed by atoms with van der Waals surface area (Å²) in [6, 6.07) is 9.52. The molecule has 1 aliphatic carbocycles. The van der Waals surface area contributed by atoms with Crippen LogP contribution in [-0.2, 0) is 12.8 Å². The minimum atomic E-state index is -0.695. The third kappa shape index (κ3) is 5.01. The van der Waals surface area contributed by atoms with Gasteiger partial charge in [0.15, 0.2) is 5.78 Å². The predicted molar refractivity (Wildman–Crippen MR) is 125 cm³/mol. The fourth-order valence-electron chi connectivity index (χ4n) is 4.99. The van der Waals surface area contributed by atoms with Gasteiger partial charge in [0.25, 0.3) is 0 Å². The average molecular weight is 450 g/mol. The molecule has 0 amide bonds. The van der Waals surface area contributed by atoms with Gasteiger partial charge < -0.3 is 5.73 Å². The molecule has 0 aliphatic heterocycles. The van der Waals surface area contributed by atoms with Crippen LogP contribution in [0, 0.1) is 17.6 Å². The van der Waals surface area contributed by atoms with E-state index in [4.69, 9.17) is 5.73 Å². The highest BCUT2D eigenvalue weighted by Crippen LogP contribution is 2.37. The molecule has 1 fully saturated rings. The van der Waals surface area contributed by atoms with Crippen molar-refractivity contribution >= 4 is 5.78 Å².